The van der Waals surface area contributed by atoms with Crippen molar-refractivity contribution in [2.45, 2.75) is 38.7 Å². The maximum atomic E-state index is 13.8. The van der Waals surface area contributed by atoms with E-state index in [4.69, 9.17) is 0 Å². The molecule has 1 amide bonds. The first-order valence-corrected chi connectivity index (χ1v) is 11.5. The van der Waals surface area contributed by atoms with Crippen molar-refractivity contribution >= 4 is 21.6 Å². The maximum Gasteiger partial charge on any atom is 0.419 e. The van der Waals surface area contributed by atoms with Crippen LogP contribution in [-0.4, -0.2) is 37.1 Å². The number of nitrogens with one attached hydrogen (secondary N) is 1. The van der Waals surface area contributed by atoms with E-state index in [9.17, 15) is 43.9 Å². The predicted molar refractivity (Wildman–Crippen MR) is 109 cm³/mol. The number of benzene rings is 2. The highest BCUT2D eigenvalue weighted by molar-refractivity contribution is 7.89. The van der Waals surface area contributed by atoms with Gasteiger partial charge in [0.05, 0.1) is 12.0 Å². The summed E-state index contributed by atoms with van der Waals surface area (Å²) >= 11 is 0. The average Bonchev–Trinajstić information content (AvgIpc) is 2.67. The second kappa shape index (κ2) is 9.17. The van der Waals surface area contributed by atoms with Crippen molar-refractivity contribution in [2.75, 3.05) is 17.6 Å². The minimum atomic E-state index is -4.89. The van der Waals surface area contributed by atoms with Crippen LogP contribution < -0.4 is 5.32 Å². The van der Waals surface area contributed by atoms with E-state index in [2.05, 4.69) is 5.32 Å². The van der Waals surface area contributed by atoms with E-state index >= 15 is 0 Å². The van der Waals surface area contributed by atoms with Gasteiger partial charge in [-0.05, 0) is 47.7 Å². The van der Waals surface area contributed by atoms with Crippen LogP contribution in [0.1, 0.15) is 27.8 Å². The molecule has 34 heavy (non-hydrogen) atoms. The van der Waals surface area contributed by atoms with Crippen LogP contribution in [0.2, 0.25) is 0 Å². The van der Waals surface area contributed by atoms with Gasteiger partial charge in [0.25, 0.3) is 0 Å². The third-order valence-electron chi connectivity index (χ3n) is 5.28. The Balaban J connectivity index is 1.77. The summed E-state index contributed by atoms with van der Waals surface area (Å²) in [4.78, 5) is 12.5. The number of rotatable bonds is 5. The molecule has 3 rings (SSSR count). The van der Waals surface area contributed by atoms with Crippen LogP contribution in [-0.2, 0) is 40.4 Å². The van der Waals surface area contributed by atoms with E-state index in [1.54, 1.807) is 19.1 Å². The largest absolute Gasteiger partial charge is 0.419 e. The molecule has 2 aromatic carbocycles. The normalized spacial score (nSPS) is 15.2. The molecule has 1 aliphatic rings. The summed E-state index contributed by atoms with van der Waals surface area (Å²) in [6, 6.07) is 5.28. The number of sulfonamides is 1. The minimum Gasteiger partial charge on any atom is -0.325 e. The average molecular weight is 512 g/mol. The number of carbonyl (C=O) groups is 1. The van der Waals surface area contributed by atoms with Crippen molar-refractivity contribution in [1.82, 2.24) is 4.31 Å². The van der Waals surface area contributed by atoms with E-state index in [-0.39, 0.29) is 25.1 Å². The lowest BCUT2D eigenvalue weighted by Crippen LogP contribution is -2.41. The fourth-order valence-electron chi connectivity index (χ4n) is 3.72. The first kappa shape index (κ1) is 25.9. The summed E-state index contributed by atoms with van der Waals surface area (Å²) in [6.07, 6.45) is -10.1. The third-order valence-corrected chi connectivity index (χ3v) is 7.07. The van der Waals surface area contributed by atoms with Crippen molar-refractivity contribution in [2.24, 2.45) is 0 Å². The Labute approximate surface area is 190 Å². The van der Waals surface area contributed by atoms with Crippen LogP contribution in [0.5, 0.6) is 0 Å². The first-order chi connectivity index (χ1) is 15.6. The zero-order valence-electron chi connectivity index (χ0n) is 17.6. The van der Waals surface area contributed by atoms with E-state index in [1.165, 1.54) is 0 Å². The molecule has 0 atom stereocenters. The fourth-order valence-corrected chi connectivity index (χ4v) is 5.03. The Morgan fingerprint density at radius 3 is 2.35 bits per heavy atom. The van der Waals surface area contributed by atoms with Gasteiger partial charge in [0.1, 0.15) is 5.82 Å². The van der Waals surface area contributed by atoms with Gasteiger partial charge in [-0.3, -0.25) is 4.79 Å². The van der Waals surface area contributed by atoms with Crippen molar-refractivity contribution in [3.8, 4) is 0 Å². The fraction of sp³-hybridized carbons (Fsp3) is 0.381. The molecule has 0 saturated carbocycles. The van der Waals surface area contributed by atoms with Crippen LogP contribution in [0, 0.1) is 12.7 Å². The van der Waals surface area contributed by atoms with Crippen molar-refractivity contribution in [1.29, 1.82) is 0 Å². The summed E-state index contributed by atoms with van der Waals surface area (Å²) in [5.74, 6) is -4.14. The number of aryl methyl sites for hydroxylation is 1. The lowest BCUT2D eigenvalue weighted by atomic mass is 9.95. The zero-order chi connectivity index (χ0) is 25.5. The number of hydrogen-bond donors (Lipinski definition) is 1. The zero-order valence-corrected chi connectivity index (χ0v) is 18.5. The number of anilines is 1. The summed E-state index contributed by atoms with van der Waals surface area (Å²) in [5.41, 5.74) is 0.452. The summed E-state index contributed by atoms with van der Waals surface area (Å²) < 4.78 is 115. The van der Waals surface area contributed by atoms with Gasteiger partial charge < -0.3 is 5.32 Å². The molecule has 0 aromatic heterocycles. The van der Waals surface area contributed by atoms with Gasteiger partial charge in [0.2, 0.25) is 15.9 Å². The molecule has 0 spiro atoms. The second-order valence-corrected chi connectivity index (χ2v) is 9.86. The number of fused-ring (bicyclic) bond motifs is 1. The van der Waals surface area contributed by atoms with Gasteiger partial charge in [-0.1, -0.05) is 18.2 Å². The Hall–Kier alpha value is -2.67. The van der Waals surface area contributed by atoms with E-state index in [0.29, 0.717) is 34.5 Å². The summed E-state index contributed by atoms with van der Waals surface area (Å²) in [5, 5.41) is 2.61. The summed E-state index contributed by atoms with van der Waals surface area (Å²) in [7, 11) is -4.58. The molecule has 2 aromatic rings. The molecule has 186 valence electrons. The number of alkyl halides is 6. The van der Waals surface area contributed by atoms with Gasteiger partial charge in [-0.25, -0.2) is 12.8 Å². The van der Waals surface area contributed by atoms with Gasteiger partial charge in [0.15, 0.2) is 5.75 Å². The van der Waals surface area contributed by atoms with Gasteiger partial charge in [-0.15, -0.1) is 0 Å². The highest BCUT2D eigenvalue weighted by Gasteiger charge is 2.39. The van der Waals surface area contributed by atoms with Crippen LogP contribution in [0.25, 0.3) is 0 Å². The van der Waals surface area contributed by atoms with E-state index < -0.39 is 51.8 Å². The molecule has 0 bridgehead atoms. The SMILES string of the molecule is Cc1ccc2c(c1NC(=O)Cc1ccc(C(F)(F)F)c(F)c1)CCN(S(=O)(=O)CC(F)(F)F)C2. The van der Waals surface area contributed by atoms with Crippen LogP contribution in [0.3, 0.4) is 0 Å². The van der Waals surface area contributed by atoms with Crippen LogP contribution >= 0.6 is 0 Å². The minimum absolute atomic E-state index is 0.00914. The van der Waals surface area contributed by atoms with E-state index in [0.717, 1.165) is 10.4 Å². The second-order valence-electron chi connectivity index (χ2n) is 7.89. The maximum absolute atomic E-state index is 13.8. The van der Waals surface area contributed by atoms with E-state index in [1.807, 2.05) is 0 Å². The lowest BCUT2D eigenvalue weighted by Gasteiger charge is -2.30. The van der Waals surface area contributed by atoms with Crippen LogP contribution in [0.4, 0.5) is 36.4 Å². The number of carbonyl (C=O) groups excluding carboxylic acids is 1. The van der Waals surface area contributed by atoms with Crippen molar-refractivity contribution in [3.63, 3.8) is 0 Å². The quantitative estimate of drug-likeness (QED) is 0.597. The lowest BCUT2D eigenvalue weighted by molar-refractivity contribution is -0.140. The molecule has 1 N–H and O–H groups in total. The summed E-state index contributed by atoms with van der Waals surface area (Å²) in [6.45, 7) is 1.13. The standard InChI is InChI=1S/C21H19F7N2O3S/c1-12-2-4-14-10-30(34(32,33)11-20(23,24)25)7-6-15(14)19(12)29-18(31)9-13-3-5-16(17(22)8-13)21(26,27)28/h2-5,8H,6-7,9-11H2,1H3,(H,29,31). The highest BCUT2D eigenvalue weighted by atomic mass is 32.2. The monoisotopic (exact) mass is 512 g/mol. The Morgan fingerprint density at radius 1 is 1.09 bits per heavy atom. The van der Waals surface area contributed by atoms with Crippen molar-refractivity contribution < 1.29 is 43.9 Å². The number of amides is 1. The number of halogens is 7. The smallest absolute Gasteiger partial charge is 0.325 e. The third kappa shape index (κ3) is 6.06. The number of hydrogen-bond acceptors (Lipinski definition) is 3. The molecule has 0 fully saturated rings. The Morgan fingerprint density at radius 2 is 1.76 bits per heavy atom. The van der Waals surface area contributed by atoms with Crippen molar-refractivity contribution in [3.05, 3.63) is 64.0 Å². The molecule has 5 nitrogen and oxygen atoms in total. The number of nitrogens with zero attached hydrogens (tertiary/aromatic N) is 1. The highest BCUT2D eigenvalue weighted by Crippen LogP contribution is 2.33. The molecule has 1 aliphatic heterocycles. The topological polar surface area (TPSA) is 66.5 Å². The molecular weight excluding hydrogens is 493 g/mol. The molecular formula is C21H19F7N2O3S. The Kier molecular flexibility index (Phi) is 7.00. The molecule has 0 aliphatic carbocycles. The molecule has 1 heterocycles. The first-order valence-electron chi connectivity index (χ1n) is 9.88. The van der Waals surface area contributed by atoms with Gasteiger partial charge in [0, 0.05) is 18.8 Å². The van der Waals surface area contributed by atoms with Gasteiger partial charge >= 0.3 is 12.4 Å². The van der Waals surface area contributed by atoms with Gasteiger partial charge in [-0.2, -0.15) is 30.6 Å². The molecule has 13 heteroatoms. The predicted octanol–water partition coefficient (Wildman–Crippen LogP) is 4.58. The molecule has 0 unspecified atom stereocenters. The molecule has 0 radical (unpaired) electrons. The van der Waals surface area contributed by atoms with Crippen LogP contribution in [0.15, 0.2) is 30.3 Å². The molecule has 0 saturated heterocycles. The Bertz CT molecular complexity index is 1210.